The summed E-state index contributed by atoms with van der Waals surface area (Å²) in [5, 5.41) is 3.41. The van der Waals surface area contributed by atoms with Crippen LogP contribution in [0.5, 0.6) is 0 Å². The smallest absolute Gasteiger partial charge is 0.123 e. The first-order valence-corrected chi connectivity index (χ1v) is 5.97. The second-order valence-corrected chi connectivity index (χ2v) is 4.41. The zero-order valence-corrected chi connectivity index (χ0v) is 9.45. The van der Waals surface area contributed by atoms with Crippen LogP contribution in [0.1, 0.15) is 24.8 Å². The van der Waals surface area contributed by atoms with Crippen LogP contribution in [0.4, 0.5) is 4.39 Å². The first kappa shape index (κ1) is 11.3. The van der Waals surface area contributed by atoms with Gasteiger partial charge in [-0.25, -0.2) is 4.39 Å². The van der Waals surface area contributed by atoms with Crippen molar-refractivity contribution < 1.29 is 4.39 Å². The Hall–Kier alpha value is -1.15. The molecule has 2 heteroatoms. The predicted octanol–water partition coefficient (Wildman–Crippen LogP) is 3.23. The lowest BCUT2D eigenvalue weighted by Gasteiger charge is -2.25. The van der Waals surface area contributed by atoms with Gasteiger partial charge >= 0.3 is 0 Å². The summed E-state index contributed by atoms with van der Waals surface area (Å²) in [6, 6.07) is 6.55. The molecule has 0 radical (unpaired) electrons. The standard InChI is InChI=1S/C14H18FN/c15-14-8-6-12(7-9-14)5-2-10-16-11-13-3-1-4-13/h2,5-9,13,16H,1,3-4,10-11H2/b5-2+. The van der Waals surface area contributed by atoms with Gasteiger partial charge < -0.3 is 5.32 Å². The van der Waals surface area contributed by atoms with Gasteiger partial charge in [0.05, 0.1) is 0 Å². The number of hydrogen-bond acceptors (Lipinski definition) is 1. The maximum absolute atomic E-state index is 12.6. The average molecular weight is 219 g/mol. The third-order valence-electron chi connectivity index (χ3n) is 3.10. The Morgan fingerprint density at radius 2 is 2.00 bits per heavy atom. The highest BCUT2D eigenvalue weighted by Crippen LogP contribution is 2.24. The van der Waals surface area contributed by atoms with Crippen LogP contribution in [-0.2, 0) is 0 Å². The Balaban J connectivity index is 1.66. The fraction of sp³-hybridized carbons (Fsp3) is 0.429. The number of benzene rings is 1. The van der Waals surface area contributed by atoms with Gasteiger partial charge in [-0.2, -0.15) is 0 Å². The molecule has 0 heterocycles. The van der Waals surface area contributed by atoms with Gasteiger partial charge in [-0.15, -0.1) is 0 Å². The van der Waals surface area contributed by atoms with Crippen molar-refractivity contribution in [2.24, 2.45) is 5.92 Å². The Morgan fingerprint density at radius 3 is 2.62 bits per heavy atom. The maximum Gasteiger partial charge on any atom is 0.123 e. The Morgan fingerprint density at radius 1 is 1.25 bits per heavy atom. The van der Waals surface area contributed by atoms with Gasteiger partial charge in [0, 0.05) is 6.54 Å². The number of nitrogens with one attached hydrogen (secondary N) is 1. The van der Waals surface area contributed by atoms with Crippen molar-refractivity contribution in [1.29, 1.82) is 0 Å². The second kappa shape index (κ2) is 5.80. The highest BCUT2D eigenvalue weighted by Gasteiger charge is 2.15. The van der Waals surface area contributed by atoms with Crippen molar-refractivity contribution in [1.82, 2.24) is 5.32 Å². The van der Waals surface area contributed by atoms with Gasteiger partial charge in [-0.3, -0.25) is 0 Å². The quantitative estimate of drug-likeness (QED) is 0.750. The lowest BCUT2D eigenvalue weighted by Crippen LogP contribution is -2.27. The molecule has 1 saturated carbocycles. The van der Waals surface area contributed by atoms with Crippen molar-refractivity contribution >= 4 is 6.08 Å². The van der Waals surface area contributed by atoms with Gasteiger partial charge in [0.25, 0.3) is 0 Å². The van der Waals surface area contributed by atoms with Gasteiger partial charge in [0.1, 0.15) is 5.82 Å². The van der Waals surface area contributed by atoms with Crippen LogP contribution < -0.4 is 5.32 Å². The van der Waals surface area contributed by atoms with Crippen LogP contribution in [0.3, 0.4) is 0 Å². The highest BCUT2D eigenvalue weighted by molar-refractivity contribution is 5.48. The number of rotatable bonds is 5. The third kappa shape index (κ3) is 3.46. The monoisotopic (exact) mass is 219 g/mol. The highest BCUT2D eigenvalue weighted by atomic mass is 19.1. The molecular formula is C14H18FN. The molecule has 1 aromatic carbocycles. The second-order valence-electron chi connectivity index (χ2n) is 4.41. The molecule has 1 aliphatic rings. The van der Waals surface area contributed by atoms with E-state index in [1.54, 1.807) is 12.1 Å². The van der Waals surface area contributed by atoms with Crippen LogP contribution in [-0.4, -0.2) is 13.1 Å². The van der Waals surface area contributed by atoms with Crippen molar-refractivity contribution in [3.63, 3.8) is 0 Å². The molecule has 0 aromatic heterocycles. The van der Waals surface area contributed by atoms with E-state index in [2.05, 4.69) is 11.4 Å². The summed E-state index contributed by atoms with van der Waals surface area (Å²) >= 11 is 0. The first-order chi connectivity index (χ1) is 7.84. The Kier molecular flexibility index (Phi) is 4.11. The lowest BCUT2D eigenvalue weighted by molar-refractivity contribution is 0.306. The fourth-order valence-corrected chi connectivity index (χ4v) is 1.84. The molecule has 1 aliphatic carbocycles. The van der Waals surface area contributed by atoms with E-state index >= 15 is 0 Å². The molecular weight excluding hydrogens is 201 g/mol. The van der Waals surface area contributed by atoms with Crippen molar-refractivity contribution in [3.8, 4) is 0 Å². The van der Waals surface area contributed by atoms with Gasteiger partial charge in [-0.05, 0) is 43.0 Å². The van der Waals surface area contributed by atoms with E-state index in [9.17, 15) is 4.39 Å². The van der Waals surface area contributed by atoms with E-state index in [-0.39, 0.29) is 5.82 Å². The molecule has 1 aromatic rings. The van der Waals surface area contributed by atoms with Crippen LogP contribution in [0, 0.1) is 11.7 Å². The van der Waals surface area contributed by atoms with Crippen molar-refractivity contribution in [2.45, 2.75) is 19.3 Å². The van der Waals surface area contributed by atoms with Gasteiger partial charge in [0.2, 0.25) is 0 Å². The lowest BCUT2D eigenvalue weighted by atomic mass is 9.85. The topological polar surface area (TPSA) is 12.0 Å². The summed E-state index contributed by atoms with van der Waals surface area (Å²) in [7, 11) is 0. The van der Waals surface area contributed by atoms with Crippen LogP contribution in [0.2, 0.25) is 0 Å². The minimum absolute atomic E-state index is 0.180. The van der Waals surface area contributed by atoms with Crippen LogP contribution in [0.15, 0.2) is 30.3 Å². The van der Waals surface area contributed by atoms with Crippen LogP contribution >= 0.6 is 0 Å². The predicted molar refractivity (Wildman–Crippen MR) is 65.6 cm³/mol. The molecule has 1 nitrogen and oxygen atoms in total. The first-order valence-electron chi connectivity index (χ1n) is 5.97. The zero-order valence-electron chi connectivity index (χ0n) is 9.45. The van der Waals surface area contributed by atoms with E-state index in [0.717, 1.165) is 24.6 Å². The summed E-state index contributed by atoms with van der Waals surface area (Å²) < 4.78 is 12.6. The molecule has 0 aliphatic heterocycles. The van der Waals surface area contributed by atoms with Gasteiger partial charge in [-0.1, -0.05) is 30.7 Å². The molecule has 2 rings (SSSR count). The largest absolute Gasteiger partial charge is 0.313 e. The number of hydrogen-bond donors (Lipinski definition) is 1. The third-order valence-corrected chi connectivity index (χ3v) is 3.10. The summed E-state index contributed by atoms with van der Waals surface area (Å²) in [4.78, 5) is 0. The SMILES string of the molecule is Fc1ccc(/C=C/CNCC2CCC2)cc1. The molecule has 16 heavy (non-hydrogen) atoms. The summed E-state index contributed by atoms with van der Waals surface area (Å²) in [6.45, 7) is 2.03. The minimum atomic E-state index is -0.180. The van der Waals surface area contributed by atoms with E-state index in [0.29, 0.717) is 0 Å². The Bertz CT molecular complexity index is 338. The molecule has 1 fully saturated rings. The Labute approximate surface area is 96.4 Å². The van der Waals surface area contributed by atoms with Crippen LogP contribution in [0.25, 0.3) is 6.08 Å². The summed E-state index contributed by atoms with van der Waals surface area (Å²) in [5.74, 6) is 0.722. The molecule has 0 spiro atoms. The van der Waals surface area contributed by atoms with Crippen molar-refractivity contribution in [2.75, 3.05) is 13.1 Å². The van der Waals surface area contributed by atoms with Gasteiger partial charge in [0.15, 0.2) is 0 Å². The van der Waals surface area contributed by atoms with Crippen molar-refractivity contribution in [3.05, 3.63) is 41.7 Å². The minimum Gasteiger partial charge on any atom is -0.313 e. The van der Waals surface area contributed by atoms with E-state index in [1.807, 2.05) is 6.08 Å². The van der Waals surface area contributed by atoms with E-state index in [4.69, 9.17) is 0 Å². The van der Waals surface area contributed by atoms with E-state index < -0.39 is 0 Å². The molecule has 0 bridgehead atoms. The normalized spacial score (nSPS) is 16.6. The molecule has 0 unspecified atom stereocenters. The average Bonchev–Trinajstić information content (AvgIpc) is 2.23. The molecule has 0 atom stereocenters. The molecule has 0 amide bonds. The molecule has 0 saturated heterocycles. The summed E-state index contributed by atoms with van der Waals surface area (Å²) in [6.07, 6.45) is 8.28. The zero-order chi connectivity index (χ0) is 11.2. The summed E-state index contributed by atoms with van der Waals surface area (Å²) in [5.41, 5.74) is 1.05. The fourth-order valence-electron chi connectivity index (χ4n) is 1.84. The molecule has 86 valence electrons. The molecule has 1 N–H and O–H groups in total. The maximum atomic E-state index is 12.6. The van der Waals surface area contributed by atoms with E-state index in [1.165, 1.54) is 31.4 Å². The number of halogens is 1.